The summed E-state index contributed by atoms with van der Waals surface area (Å²) in [5.74, 6) is -30.6. The van der Waals surface area contributed by atoms with Crippen LogP contribution >= 0.6 is 0 Å². The molecule has 3 unspecified atom stereocenters. The first-order valence-corrected chi connectivity index (χ1v) is 29.6. The van der Waals surface area contributed by atoms with Crippen LogP contribution in [-0.2, 0) is 100 Å². The smallest absolute Gasteiger partial charge is 0.347 e. The summed E-state index contributed by atoms with van der Waals surface area (Å²) in [6, 6.07) is 18.0. The minimum Gasteiger partial charge on any atom is -0.504 e. The minimum atomic E-state index is -2.88. The third kappa shape index (κ3) is 12.8. The van der Waals surface area contributed by atoms with Crippen molar-refractivity contribution in [2.45, 2.75) is 73.2 Å². The van der Waals surface area contributed by atoms with E-state index >= 15 is 4.79 Å². The molecular weight excluding hydrogens is 1260 g/mol. The van der Waals surface area contributed by atoms with Crippen LogP contribution in [0.3, 0.4) is 0 Å². The number of benzene rings is 5. The van der Waals surface area contributed by atoms with Gasteiger partial charge in [0.25, 0.3) is 0 Å². The van der Waals surface area contributed by atoms with Gasteiger partial charge in [0, 0.05) is 62.2 Å². The van der Waals surface area contributed by atoms with Gasteiger partial charge in [-0.2, -0.15) is 0 Å². The number of rotatable bonds is 21. The Kier molecular flexibility index (Phi) is 19.3. The number of carbonyl (C=O) groups excluding carboxylic acids is 7. The van der Waals surface area contributed by atoms with Gasteiger partial charge >= 0.3 is 41.8 Å². The van der Waals surface area contributed by atoms with Gasteiger partial charge in [0.2, 0.25) is 29.9 Å². The van der Waals surface area contributed by atoms with Crippen LogP contribution < -0.4 is 0 Å². The van der Waals surface area contributed by atoms with Crippen LogP contribution in [0.25, 0.3) is 0 Å². The van der Waals surface area contributed by atoms with Gasteiger partial charge in [-0.3, -0.25) is 9.59 Å². The normalized spacial score (nSPS) is 26.2. The second kappa shape index (κ2) is 27.3. The molecule has 0 radical (unpaired) electrons. The van der Waals surface area contributed by atoms with E-state index in [0.717, 1.165) is 101 Å². The quantitative estimate of drug-likeness (QED) is 0.0211. The Morgan fingerprint density at radius 2 is 0.802 bits per heavy atom. The van der Waals surface area contributed by atoms with Gasteiger partial charge in [0.05, 0.1) is 52.1 Å². The molecule has 5 aromatic rings. The van der Waals surface area contributed by atoms with Crippen LogP contribution in [0.5, 0.6) is 57.5 Å². The van der Waals surface area contributed by atoms with Crippen molar-refractivity contribution < 1.29 is 137 Å². The molecule has 28 heteroatoms. The number of allylic oxidation sites excluding steroid dienone is 2. The number of methoxy groups -OCH3 is 5. The molecular formula is C68H66O28. The topological polar surface area (TPSA) is 434 Å². The SMILES string of the molecule is COC(=O)C(Cc1ccc(O)c(O)c1)OC(=O)/C=C\C1=C[C@H]2[C@H](c3ccc(O)c(O)c3)[C@@H](C(=O)OC)[C@@H]1[C@@]1(OC)O[C@H]3[C@H]4C=C(/C=C/C(=O)OC(Cc5ccc(O)c(O)c5)C(=O)OC)[C@H]([C@H](C(=O)OC(Cc5ccc(O)c(O)c5)C(=O)OC)[C@H]4c4ccc(O)c(O)c4)[C@@]3(O)O[C@@H]21. The van der Waals surface area contributed by atoms with E-state index in [0.29, 0.717) is 0 Å². The van der Waals surface area contributed by atoms with Crippen molar-refractivity contribution in [1.29, 1.82) is 0 Å². The lowest BCUT2D eigenvalue weighted by Crippen LogP contribution is -2.79. The Balaban J connectivity index is 1.12. The van der Waals surface area contributed by atoms with Crippen LogP contribution in [0.1, 0.15) is 39.7 Å². The number of hydrogen-bond acceptors (Lipinski definition) is 28. The molecule has 1 aliphatic heterocycles. The largest absolute Gasteiger partial charge is 0.504 e. The van der Waals surface area contributed by atoms with Gasteiger partial charge in [-0.05, 0) is 99.6 Å². The summed E-state index contributed by atoms with van der Waals surface area (Å²) in [5, 5.41) is 118. The molecule has 7 aliphatic rings. The van der Waals surface area contributed by atoms with E-state index in [2.05, 4.69) is 0 Å². The standard InChI is InChI=1S/C68H66O28/c1-87-62(81)49(23-30-6-13-39(69)44(74)20-30)92-52(79)18-11-35-26-37-54(33-9-16-42(72)47(77)28-33)56(66(85)94-51(64(83)89-3)25-32-8-15-41(71)46(76)22-32)58(35)67(86)60(37)96-68(91-5)59-36(12-19-53(80)93-50(63(82)88-2)24-31-7-14-40(70)45(75)21-31)27-38(61(68)95-67)55(57(59)65(84)90-4)34-10-17-43(73)48(78)29-34/h6-22,26-29,37-38,49-51,54-61,69-78,86H,23-25H2,1-5H3/b18-11+,19-12-/t37-,38-,49?,50?,51?,54-,55-,56+,57+,58+,59+,60-,61-,67+,68+/m0/s1. The Bertz CT molecular complexity index is 4040. The summed E-state index contributed by atoms with van der Waals surface area (Å²) in [6.07, 6.45) is -2.71. The second-order valence-corrected chi connectivity index (χ2v) is 23.4. The fourth-order valence-corrected chi connectivity index (χ4v) is 13.8. The summed E-state index contributed by atoms with van der Waals surface area (Å²) in [7, 11) is 5.35. The molecule has 11 N–H and O–H groups in total. The molecule has 0 amide bonds. The average molecular weight is 1330 g/mol. The predicted molar refractivity (Wildman–Crippen MR) is 323 cm³/mol. The highest BCUT2D eigenvalue weighted by Gasteiger charge is 2.77. The molecule has 2 saturated carbocycles. The predicted octanol–water partition coefficient (Wildman–Crippen LogP) is 4.30. The zero-order valence-electron chi connectivity index (χ0n) is 51.6. The van der Waals surface area contributed by atoms with Crippen molar-refractivity contribution in [3.8, 4) is 57.5 Å². The molecule has 12 rings (SSSR count). The Morgan fingerprint density at radius 3 is 1.18 bits per heavy atom. The van der Waals surface area contributed by atoms with E-state index in [9.17, 15) is 84.9 Å². The fraction of sp³-hybridized carbons (Fsp3) is 0.338. The summed E-state index contributed by atoms with van der Waals surface area (Å²) >= 11 is 0. The van der Waals surface area contributed by atoms with E-state index < -0.39 is 195 Å². The van der Waals surface area contributed by atoms with Crippen LogP contribution in [0, 0.1) is 35.5 Å². The number of phenols is 10. The lowest BCUT2D eigenvalue weighted by molar-refractivity contribution is -0.479. The van der Waals surface area contributed by atoms with Gasteiger partial charge in [0.15, 0.2) is 57.5 Å². The zero-order chi connectivity index (χ0) is 69.4. The van der Waals surface area contributed by atoms with Gasteiger partial charge < -0.3 is 104 Å². The number of aromatic hydroxyl groups is 10. The molecule has 5 aromatic carbocycles. The maximum Gasteiger partial charge on any atom is 0.347 e. The third-order valence-electron chi connectivity index (χ3n) is 18.0. The first-order valence-electron chi connectivity index (χ1n) is 29.6. The average Bonchev–Trinajstić information content (AvgIpc) is 0.666. The Morgan fingerprint density at radius 1 is 0.438 bits per heavy atom. The number of phenolic OH excluding ortho intramolecular Hbond substituents is 10. The Labute approximate surface area is 545 Å². The van der Waals surface area contributed by atoms with Crippen molar-refractivity contribution in [3.05, 3.63) is 166 Å². The molecule has 3 fully saturated rings. The first kappa shape index (κ1) is 68.1. The van der Waals surface area contributed by atoms with Crippen LogP contribution in [0.4, 0.5) is 0 Å². The molecule has 96 heavy (non-hydrogen) atoms. The number of hydrogen-bond donors (Lipinski definition) is 11. The van der Waals surface area contributed by atoms with Crippen molar-refractivity contribution in [1.82, 2.24) is 0 Å². The summed E-state index contributed by atoms with van der Waals surface area (Å²) in [6.45, 7) is 0. The minimum absolute atomic E-state index is 0.0544. The van der Waals surface area contributed by atoms with Crippen LogP contribution in [0.15, 0.2) is 139 Å². The van der Waals surface area contributed by atoms with Gasteiger partial charge in [-0.25, -0.2) is 24.0 Å². The lowest BCUT2D eigenvalue weighted by atomic mass is 9.50. The highest BCUT2D eigenvalue weighted by Crippen LogP contribution is 2.68. The maximum absolute atomic E-state index is 15.7. The molecule has 506 valence electrons. The van der Waals surface area contributed by atoms with E-state index in [1.807, 2.05) is 0 Å². The van der Waals surface area contributed by atoms with Crippen molar-refractivity contribution in [3.63, 3.8) is 0 Å². The second-order valence-electron chi connectivity index (χ2n) is 23.4. The Hall–Kier alpha value is -10.8. The number of fused-ring (bicyclic) bond motifs is 2. The molecule has 1 saturated heterocycles. The van der Waals surface area contributed by atoms with E-state index in [4.69, 9.17) is 47.4 Å². The number of carbonyl (C=O) groups is 7. The van der Waals surface area contributed by atoms with Crippen LogP contribution in [0.2, 0.25) is 0 Å². The highest BCUT2D eigenvalue weighted by atomic mass is 16.8. The van der Waals surface area contributed by atoms with Crippen molar-refractivity contribution in [2.24, 2.45) is 35.5 Å². The van der Waals surface area contributed by atoms with E-state index in [1.54, 1.807) is 0 Å². The fourth-order valence-electron chi connectivity index (χ4n) is 13.8. The third-order valence-corrected chi connectivity index (χ3v) is 18.0. The summed E-state index contributed by atoms with van der Waals surface area (Å²) < 4.78 is 58.6. The van der Waals surface area contributed by atoms with Crippen molar-refractivity contribution >= 4 is 41.8 Å². The molecule has 28 nitrogen and oxygen atoms in total. The lowest BCUT2D eigenvalue weighted by Gasteiger charge is -2.68. The van der Waals surface area contributed by atoms with E-state index in [-0.39, 0.29) is 51.8 Å². The molecule has 4 bridgehead atoms. The van der Waals surface area contributed by atoms with Crippen molar-refractivity contribution in [2.75, 3.05) is 35.5 Å². The molecule has 6 aliphatic carbocycles. The van der Waals surface area contributed by atoms with Gasteiger partial charge in [-0.15, -0.1) is 0 Å². The van der Waals surface area contributed by atoms with E-state index in [1.165, 1.54) is 61.7 Å². The number of esters is 7. The van der Waals surface area contributed by atoms with Gasteiger partial charge in [-0.1, -0.05) is 54.6 Å². The summed E-state index contributed by atoms with van der Waals surface area (Å²) in [4.78, 5) is 98.6. The molecule has 15 atom stereocenters. The van der Waals surface area contributed by atoms with Gasteiger partial charge in [0.1, 0.15) is 12.2 Å². The van der Waals surface area contributed by atoms with Crippen LogP contribution in [-0.4, -0.2) is 176 Å². The highest BCUT2D eigenvalue weighted by molar-refractivity contribution is 5.88. The monoisotopic (exact) mass is 1330 g/mol. The molecule has 0 aromatic heterocycles. The number of ether oxygens (including phenoxy) is 10. The summed E-state index contributed by atoms with van der Waals surface area (Å²) in [5.41, 5.74) is 0.838. The zero-order valence-corrected chi connectivity index (χ0v) is 51.6. The molecule has 1 heterocycles. The number of aliphatic hydroxyl groups is 1. The molecule has 0 spiro atoms. The first-order chi connectivity index (χ1) is 45.7. The maximum atomic E-state index is 15.7.